The van der Waals surface area contributed by atoms with Gasteiger partial charge in [-0.25, -0.2) is 0 Å². The Morgan fingerprint density at radius 3 is 1.61 bits per heavy atom. The quantitative estimate of drug-likeness (QED) is 0.311. The van der Waals surface area contributed by atoms with Gasteiger partial charge in [-0.05, 0) is 64.5 Å². The van der Waals surface area contributed by atoms with E-state index in [1.54, 1.807) is 6.07 Å². The molecule has 0 radical (unpaired) electrons. The summed E-state index contributed by atoms with van der Waals surface area (Å²) in [7, 11) is -2.42. The summed E-state index contributed by atoms with van der Waals surface area (Å²) in [5.74, 6) is -2.04. The monoisotopic (exact) mass is 655 g/mol. The Kier molecular flexibility index (Phi) is 9.39. The normalized spacial score (nSPS) is 11.5. The van der Waals surface area contributed by atoms with E-state index >= 15 is 0 Å². The molecule has 1 amide bonds. The van der Waals surface area contributed by atoms with Crippen LogP contribution in [-0.2, 0) is 11.0 Å². The summed E-state index contributed by atoms with van der Waals surface area (Å²) in [6.45, 7) is 0. The molecule has 0 aliphatic rings. The second kappa shape index (κ2) is 11.9. The molecule has 0 aliphatic heterocycles. The van der Waals surface area contributed by atoms with E-state index in [1.807, 2.05) is 96.3 Å². The first kappa shape index (κ1) is 28.4. The van der Waals surface area contributed by atoms with Crippen LogP contribution in [0.2, 0.25) is 5.02 Å². The Morgan fingerprint density at radius 1 is 0.806 bits per heavy atom. The predicted molar refractivity (Wildman–Crippen MR) is 143 cm³/mol. The minimum absolute atomic E-state index is 0. The first-order chi connectivity index (χ1) is 16.7. The van der Waals surface area contributed by atoms with Crippen molar-refractivity contribution in [3.05, 3.63) is 118 Å². The highest BCUT2D eigenvalue weighted by molar-refractivity contribution is 9.10. The van der Waals surface area contributed by atoms with Crippen LogP contribution in [0.4, 0.5) is 18.9 Å². The second-order valence-electron chi connectivity index (χ2n) is 7.85. The first-order valence-corrected chi connectivity index (χ1v) is 13.8. The van der Waals surface area contributed by atoms with Gasteiger partial charge in [0.2, 0.25) is 0 Å². The van der Waals surface area contributed by atoms with Gasteiger partial charge < -0.3 is 22.3 Å². The van der Waals surface area contributed by atoms with Gasteiger partial charge in [-0.3, -0.25) is 4.79 Å². The fourth-order valence-corrected chi connectivity index (χ4v) is 8.86. The van der Waals surface area contributed by atoms with E-state index in [-0.39, 0.29) is 27.7 Å². The molecule has 36 heavy (non-hydrogen) atoms. The number of halogens is 6. The molecule has 0 bridgehead atoms. The molecule has 0 atom stereocenters. The summed E-state index contributed by atoms with van der Waals surface area (Å²) in [6, 6.07) is 32.9. The summed E-state index contributed by atoms with van der Waals surface area (Å²) in [5.41, 5.74) is 0.580. The smallest absolute Gasteiger partial charge is 0.471 e. The van der Waals surface area contributed by atoms with Crippen LogP contribution in [0, 0.1) is 0 Å². The summed E-state index contributed by atoms with van der Waals surface area (Å²) >= 11 is 9.64. The van der Waals surface area contributed by atoms with Crippen LogP contribution in [0.15, 0.2) is 108 Å². The van der Waals surface area contributed by atoms with Crippen LogP contribution < -0.4 is 38.2 Å². The Bertz CT molecular complexity index is 1230. The molecule has 0 aliphatic carbocycles. The molecular weight excluding hydrogens is 638 g/mol. The highest BCUT2D eigenvalue weighted by atomic mass is 79.9. The number of carbonyl (C=O) groups is 1. The summed E-state index contributed by atoms with van der Waals surface area (Å²) in [5, 5.41) is 5.45. The van der Waals surface area contributed by atoms with Crippen LogP contribution in [0.5, 0.6) is 0 Å². The van der Waals surface area contributed by atoms with Gasteiger partial charge in [0.1, 0.15) is 29.3 Å². The Labute approximate surface area is 232 Å². The average Bonchev–Trinajstić information content (AvgIpc) is 2.86. The summed E-state index contributed by atoms with van der Waals surface area (Å²) in [6.07, 6.45) is -4.66. The molecule has 4 aromatic rings. The summed E-state index contributed by atoms with van der Waals surface area (Å²) in [4.78, 5) is 11.9. The highest BCUT2D eigenvalue weighted by Gasteiger charge is 2.46. The number of benzene rings is 4. The molecule has 0 heterocycles. The van der Waals surface area contributed by atoms with Crippen molar-refractivity contribution in [3.63, 3.8) is 0 Å². The topological polar surface area (TPSA) is 29.1 Å². The lowest BCUT2D eigenvalue weighted by atomic mass is 10.2. The Balaban J connectivity index is 0.00000361. The van der Waals surface area contributed by atoms with Crippen molar-refractivity contribution in [1.82, 2.24) is 0 Å². The maximum Gasteiger partial charge on any atom is 0.471 e. The van der Waals surface area contributed by atoms with Crippen LogP contribution in [0.3, 0.4) is 0 Å². The zero-order valence-corrected chi connectivity index (χ0v) is 23.5. The predicted octanol–water partition coefficient (Wildman–Crippen LogP) is 4.10. The van der Waals surface area contributed by atoms with Crippen molar-refractivity contribution >= 4 is 62.3 Å². The van der Waals surface area contributed by atoms with Crippen LogP contribution in [0.1, 0.15) is 5.56 Å². The van der Waals surface area contributed by atoms with Gasteiger partial charge in [0.05, 0.1) is 5.02 Å². The second-order valence-corrected chi connectivity index (χ2v) is 12.6. The number of carbonyl (C=O) groups excluding carboxylic acids is 1. The van der Waals surface area contributed by atoms with E-state index in [0.717, 1.165) is 15.9 Å². The van der Waals surface area contributed by atoms with E-state index in [4.69, 9.17) is 11.6 Å². The number of rotatable bonds is 6. The third-order valence-electron chi connectivity index (χ3n) is 5.65. The largest absolute Gasteiger partial charge is 1.00 e. The highest BCUT2D eigenvalue weighted by Crippen LogP contribution is 2.59. The lowest BCUT2D eigenvalue weighted by molar-refractivity contribution is -0.167. The molecule has 0 fully saturated rings. The number of amides is 1. The number of hydrogen-bond acceptors (Lipinski definition) is 1. The van der Waals surface area contributed by atoms with E-state index in [9.17, 15) is 18.0 Å². The fraction of sp³-hybridized carbons (Fsp3) is 0.0741. The molecular formula is C27H20Br2ClF3NOP. The summed E-state index contributed by atoms with van der Waals surface area (Å²) < 4.78 is 39.9. The minimum atomic E-state index is -5.03. The van der Waals surface area contributed by atoms with Crippen molar-refractivity contribution in [3.8, 4) is 0 Å². The number of hydrogen-bond donors (Lipinski definition) is 1. The van der Waals surface area contributed by atoms with Gasteiger partial charge in [-0.2, -0.15) is 13.2 Å². The standard InChI is InChI=1S/C27H19BrClF3NOP.BrH/c28-23-16-19(25(17-24(23)29)33-26(34)27(30,31)32)18-35(20-10-4-1-5-11-20,21-12-6-2-7-13-21)22-14-8-3-9-15-22;/h1-17H,18H2;1H. The van der Waals surface area contributed by atoms with E-state index < -0.39 is 19.3 Å². The molecule has 9 heteroatoms. The van der Waals surface area contributed by atoms with Gasteiger partial charge in [-0.1, -0.05) is 66.2 Å². The molecule has 1 N–H and O–H groups in total. The molecule has 2 nitrogen and oxygen atoms in total. The van der Waals surface area contributed by atoms with Gasteiger partial charge in [0, 0.05) is 15.7 Å². The Morgan fingerprint density at radius 2 is 1.22 bits per heavy atom. The maximum atomic E-state index is 13.1. The SMILES string of the molecule is O=C(Nc1cc(Cl)c(Br)cc1C[P+](c1ccccc1)(c1ccccc1)c1ccccc1)C(F)(F)F.[Br-]. The third kappa shape index (κ3) is 6.03. The van der Waals surface area contributed by atoms with Crippen molar-refractivity contribution in [2.45, 2.75) is 12.3 Å². The zero-order chi connectivity index (χ0) is 25.1. The van der Waals surface area contributed by atoms with E-state index in [2.05, 4.69) is 15.9 Å². The fourth-order valence-electron chi connectivity index (χ4n) is 4.05. The average molecular weight is 658 g/mol. The zero-order valence-electron chi connectivity index (χ0n) is 18.6. The molecule has 4 aromatic carbocycles. The van der Waals surface area contributed by atoms with Crippen molar-refractivity contribution < 1.29 is 34.9 Å². The van der Waals surface area contributed by atoms with Gasteiger partial charge in [0.15, 0.2) is 0 Å². The van der Waals surface area contributed by atoms with Crippen molar-refractivity contribution in [1.29, 1.82) is 0 Å². The third-order valence-corrected chi connectivity index (χ3v) is 11.2. The molecule has 0 aromatic heterocycles. The lowest BCUT2D eigenvalue weighted by Crippen LogP contribution is -3.00. The molecule has 0 saturated heterocycles. The molecule has 4 rings (SSSR count). The number of anilines is 1. The van der Waals surface area contributed by atoms with Crippen LogP contribution in [0.25, 0.3) is 0 Å². The van der Waals surface area contributed by atoms with E-state index in [1.165, 1.54) is 6.07 Å². The molecule has 186 valence electrons. The first-order valence-electron chi connectivity index (χ1n) is 10.6. The van der Waals surface area contributed by atoms with E-state index in [0.29, 0.717) is 16.2 Å². The van der Waals surface area contributed by atoms with Crippen molar-refractivity contribution in [2.24, 2.45) is 0 Å². The molecule has 0 spiro atoms. The van der Waals surface area contributed by atoms with Gasteiger partial charge >= 0.3 is 12.1 Å². The van der Waals surface area contributed by atoms with Gasteiger partial charge in [-0.15, -0.1) is 0 Å². The molecule has 0 saturated carbocycles. The van der Waals surface area contributed by atoms with Crippen LogP contribution in [-0.4, -0.2) is 12.1 Å². The van der Waals surface area contributed by atoms with Crippen molar-refractivity contribution in [2.75, 3.05) is 5.32 Å². The lowest BCUT2D eigenvalue weighted by Gasteiger charge is -2.29. The number of nitrogens with one attached hydrogen (secondary N) is 1. The maximum absolute atomic E-state index is 13.1. The van der Waals surface area contributed by atoms with Gasteiger partial charge in [0.25, 0.3) is 0 Å². The molecule has 0 unspecified atom stereocenters. The van der Waals surface area contributed by atoms with Crippen LogP contribution >= 0.6 is 34.8 Å². The Hall–Kier alpha value is -2.18. The number of alkyl halides is 3. The minimum Gasteiger partial charge on any atom is -1.00 e.